The summed E-state index contributed by atoms with van der Waals surface area (Å²) in [6.07, 6.45) is 0.437. The molecule has 1 atom stereocenters. The lowest BCUT2D eigenvalue weighted by Crippen LogP contribution is -2.41. The van der Waals surface area contributed by atoms with Gasteiger partial charge in [-0.3, -0.25) is 19.7 Å². The summed E-state index contributed by atoms with van der Waals surface area (Å²) in [5.41, 5.74) is 1.11. The van der Waals surface area contributed by atoms with E-state index in [4.69, 9.17) is 19.3 Å². The fourth-order valence-electron chi connectivity index (χ4n) is 3.46. The highest BCUT2D eigenvalue weighted by molar-refractivity contribution is 7.14. The number of aromatic nitrogens is 2. The van der Waals surface area contributed by atoms with Crippen molar-refractivity contribution in [3.63, 3.8) is 0 Å². The summed E-state index contributed by atoms with van der Waals surface area (Å²) in [5, 5.41) is 13.4. The standard InChI is InChI=1S/C25H26N4O7S/c1-15(13-34-2)35-20-10-17(23(32)28-25-26-18(14-37-25)12-22(30)31)11-21(27-20)36-19-6-4-16(5-7-19)24(33)29-8-3-9-29/h4-7,10-11,14-15H,3,8-9,12-13H2,1-2H3,(H,30,31)(H,26,28,32)/t15-/m1/s1. The number of hydrogen-bond acceptors (Lipinski definition) is 9. The zero-order valence-electron chi connectivity index (χ0n) is 20.3. The first kappa shape index (κ1) is 26.0. The molecule has 0 aliphatic carbocycles. The Morgan fingerprint density at radius 2 is 1.84 bits per heavy atom. The van der Waals surface area contributed by atoms with Crippen molar-refractivity contribution in [3.05, 3.63) is 58.6 Å². The van der Waals surface area contributed by atoms with E-state index < -0.39 is 11.9 Å². The van der Waals surface area contributed by atoms with E-state index >= 15 is 0 Å². The highest BCUT2D eigenvalue weighted by Gasteiger charge is 2.21. The Morgan fingerprint density at radius 3 is 2.49 bits per heavy atom. The number of hydrogen-bond donors (Lipinski definition) is 2. The number of methoxy groups -OCH3 is 1. The van der Waals surface area contributed by atoms with Crippen LogP contribution in [0.5, 0.6) is 17.5 Å². The molecule has 0 radical (unpaired) electrons. The van der Waals surface area contributed by atoms with Crippen LogP contribution in [-0.4, -0.2) is 70.7 Å². The van der Waals surface area contributed by atoms with Gasteiger partial charge in [-0.2, -0.15) is 4.98 Å². The molecule has 11 nitrogen and oxygen atoms in total. The Morgan fingerprint density at radius 1 is 1.11 bits per heavy atom. The molecule has 1 saturated heterocycles. The van der Waals surface area contributed by atoms with Gasteiger partial charge < -0.3 is 24.2 Å². The molecule has 12 heteroatoms. The number of ether oxygens (including phenoxy) is 3. The van der Waals surface area contributed by atoms with E-state index in [9.17, 15) is 14.4 Å². The molecule has 3 heterocycles. The fraction of sp³-hybridized carbons (Fsp3) is 0.320. The van der Waals surface area contributed by atoms with Gasteiger partial charge in [0.1, 0.15) is 11.9 Å². The van der Waals surface area contributed by atoms with Gasteiger partial charge in [0.25, 0.3) is 11.8 Å². The minimum atomic E-state index is -1.01. The van der Waals surface area contributed by atoms with Crippen LogP contribution in [0.15, 0.2) is 41.8 Å². The van der Waals surface area contributed by atoms with Crippen molar-refractivity contribution >= 4 is 34.3 Å². The van der Waals surface area contributed by atoms with E-state index in [0.29, 0.717) is 23.6 Å². The molecule has 194 valence electrons. The van der Waals surface area contributed by atoms with Crippen LogP contribution < -0.4 is 14.8 Å². The van der Waals surface area contributed by atoms with Crippen LogP contribution in [0.3, 0.4) is 0 Å². The van der Waals surface area contributed by atoms with Crippen molar-refractivity contribution in [3.8, 4) is 17.5 Å². The van der Waals surface area contributed by atoms with Gasteiger partial charge >= 0.3 is 5.97 Å². The molecule has 1 aliphatic rings. The number of nitrogens with zero attached hydrogens (tertiary/aromatic N) is 3. The summed E-state index contributed by atoms with van der Waals surface area (Å²) in [5.74, 6) is -0.833. The topological polar surface area (TPSA) is 140 Å². The average Bonchev–Trinajstić information content (AvgIpc) is 3.24. The minimum absolute atomic E-state index is 0.0221. The summed E-state index contributed by atoms with van der Waals surface area (Å²) in [4.78, 5) is 46.5. The number of amides is 2. The van der Waals surface area contributed by atoms with Crippen molar-refractivity contribution in [1.29, 1.82) is 0 Å². The third-order valence-electron chi connectivity index (χ3n) is 5.34. The molecule has 2 aromatic heterocycles. The van der Waals surface area contributed by atoms with Gasteiger partial charge in [0, 0.05) is 43.3 Å². The van der Waals surface area contributed by atoms with E-state index in [1.807, 2.05) is 0 Å². The fourth-order valence-corrected chi connectivity index (χ4v) is 4.16. The minimum Gasteiger partial charge on any atom is -0.481 e. The summed E-state index contributed by atoms with van der Waals surface area (Å²) in [6, 6.07) is 9.61. The molecule has 0 unspecified atom stereocenters. The van der Waals surface area contributed by atoms with Crippen LogP contribution in [-0.2, 0) is 16.0 Å². The molecule has 0 bridgehead atoms. The number of carbonyl (C=O) groups excluding carboxylic acids is 2. The van der Waals surface area contributed by atoms with Crippen molar-refractivity contribution in [2.45, 2.75) is 25.9 Å². The molecule has 1 fully saturated rings. The van der Waals surface area contributed by atoms with Crippen LogP contribution in [0.4, 0.5) is 5.13 Å². The Labute approximate surface area is 217 Å². The van der Waals surface area contributed by atoms with Gasteiger partial charge in [-0.1, -0.05) is 0 Å². The van der Waals surface area contributed by atoms with Gasteiger partial charge in [0.2, 0.25) is 11.8 Å². The Balaban J connectivity index is 1.52. The molecule has 3 aromatic rings. The number of likely N-dealkylation sites (tertiary alicyclic amines) is 1. The molecule has 1 aromatic carbocycles. The quantitative estimate of drug-likeness (QED) is 0.384. The predicted molar refractivity (Wildman–Crippen MR) is 135 cm³/mol. The highest BCUT2D eigenvalue weighted by Crippen LogP contribution is 2.26. The first-order chi connectivity index (χ1) is 17.8. The summed E-state index contributed by atoms with van der Waals surface area (Å²) in [6.45, 7) is 3.64. The smallest absolute Gasteiger partial charge is 0.309 e. The van der Waals surface area contributed by atoms with E-state index in [2.05, 4.69) is 15.3 Å². The highest BCUT2D eigenvalue weighted by atomic mass is 32.1. The van der Waals surface area contributed by atoms with Crippen LogP contribution in [0, 0.1) is 0 Å². The van der Waals surface area contributed by atoms with Crippen molar-refractivity contribution in [2.75, 3.05) is 32.1 Å². The van der Waals surface area contributed by atoms with Gasteiger partial charge in [0.05, 0.1) is 24.3 Å². The van der Waals surface area contributed by atoms with Crippen LogP contribution >= 0.6 is 11.3 Å². The maximum atomic E-state index is 13.0. The van der Waals surface area contributed by atoms with Gasteiger partial charge in [-0.25, -0.2) is 4.98 Å². The normalized spacial score (nSPS) is 13.4. The number of nitrogens with one attached hydrogen (secondary N) is 1. The Bertz CT molecular complexity index is 1270. The number of benzene rings is 1. The summed E-state index contributed by atoms with van der Waals surface area (Å²) in [7, 11) is 1.55. The lowest BCUT2D eigenvalue weighted by Gasteiger charge is -2.30. The summed E-state index contributed by atoms with van der Waals surface area (Å²) < 4.78 is 16.8. The molecule has 0 spiro atoms. The number of rotatable bonds is 11. The third-order valence-corrected chi connectivity index (χ3v) is 6.14. The second-order valence-electron chi connectivity index (χ2n) is 8.36. The molecular weight excluding hydrogens is 500 g/mol. The maximum Gasteiger partial charge on any atom is 0.309 e. The number of carboxylic acid groups (broad SMARTS) is 1. The van der Waals surface area contributed by atoms with Crippen LogP contribution in [0.25, 0.3) is 0 Å². The van der Waals surface area contributed by atoms with Crippen molar-refractivity contribution in [2.24, 2.45) is 0 Å². The zero-order valence-corrected chi connectivity index (χ0v) is 21.1. The second-order valence-corrected chi connectivity index (χ2v) is 9.22. The SMILES string of the molecule is COC[C@@H](C)Oc1cc(C(=O)Nc2nc(CC(=O)O)cs2)cc(Oc2ccc(C(=O)N3CCC3)cc2)n1. The molecule has 0 saturated carbocycles. The number of anilines is 1. The van der Waals surface area contributed by atoms with Gasteiger partial charge in [0.15, 0.2) is 5.13 Å². The number of carboxylic acids is 1. The molecule has 4 rings (SSSR count). The van der Waals surface area contributed by atoms with Gasteiger partial charge in [-0.05, 0) is 37.6 Å². The van der Waals surface area contributed by atoms with Gasteiger partial charge in [-0.15, -0.1) is 11.3 Å². The average molecular weight is 527 g/mol. The van der Waals surface area contributed by atoms with Crippen molar-refractivity contribution < 1.29 is 33.7 Å². The lowest BCUT2D eigenvalue weighted by atomic mass is 10.1. The Kier molecular flexibility index (Phi) is 8.31. The predicted octanol–water partition coefficient (Wildman–Crippen LogP) is 3.47. The number of aliphatic carboxylic acids is 1. The number of pyridine rings is 1. The second kappa shape index (κ2) is 11.8. The van der Waals surface area contributed by atoms with Crippen LogP contribution in [0.1, 0.15) is 39.8 Å². The Hall–Kier alpha value is -4.03. The third kappa shape index (κ3) is 7.02. The lowest BCUT2D eigenvalue weighted by molar-refractivity contribution is -0.136. The molecule has 2 amide bonds. The molecule has 1 aliphatic heterocycles. The van der Waals surface area contributed by atoms with E-state index in [0.717, 1.165) is 30.8 Å². The zero-order chi connectivity index (χ0) is 26.4. The number of thiazole rings is 1. The van der Waals surface area contributed by atoms with Crippen molar-refractivity contribution in [1.82, 2.24) is 14.9 Å². The van der Waals surface area contributed by atoms with E-state index in [-0.39, 0.29) is 40.9 Å². The molecular formula is C25H26N4O7S. The summed E-state index contributed by atoms with van der Waals surface area (Å²) >= 11 is 1.12. The monoisotopic (exact) mass is 526 g/mol. The molecule has 37 heavy (non-hydrogen) atoms. The number of carbonyl (C=O) groups is 3. The largest absolute Gasteiger partial charge is 0.481 e. The molecule has 2 N–H and O–H groups in total. The van der Waals surface area contributed by atoms with Crippen LogP contribution in [0.2, 0.25) is 0 Å². The van der Waals surface area contributed by atoms with E-state index in [1.54, 1.807) is 48.6 Å². The van der Waals surface area contributed by atoms with E-state index in [1.165, 1.54) is 12.1 Å². The first-order valence-electron chi connectivity index (χ1n) is 11.5. The maximum absolute atomic E-state index is 13.0. The first-order valence-corrected chi connectivity index (χ1v) is 12.4.